The van der Waals surface area contributed by atoms with Crippen LogP contribution in [0.25, 0.3) is 0 Å². The maximum absolute atomic E-state index is 13.4. The molecule has 3 unspecified atom stereocenters. The van der Waals surface area contributed by atoms with Crippen molar-refractivity contribution in [2.45, 2.75) is 232 Å². The van der Waals surface area contributed by atoms with Gasteiger partial charge in [-0.3, -0.25) is 18.6 Å². The van der Waals surface area contributed by atoms with Crippen molar-refractivity contribution in [3.8, 4) is 0 Å². The molecule has 2 N–H and O–H groups in total. The molecule has 1 amide bonds. The van der Waals surface area contributed by atoms with Gasteiger partial charge in [0.1, 0.15) is 19.3 Å². The second-order valence-corrected chi connectivity index (χ2v) is 19.8. The molecular formula is C52H98N2O7P+. The summed E-state index contributed by atoms with van der Waals surface area (Å²) in [6.07, 6.45) is 49.6. The number of amides is 1. The lowest BCUT2D eigenvalue weighted by atomic mass is 10.0. The summed E-state index contributed by atoms with van der Waals surface area (Å²) >= 11 is 0. The molecule has 0 bridgehead atoms. The van der Waals surface area contributed by atoms with Gasteiger partial charge in [0, 0.05) is 12.8 Å². The van der Waals surface area contributed by atoms with Crippen molar-refractivity contribution in [1.82, 2.24) is 5.32 Å². The number of nitrogens with one attached hydrogen (secondary N) is 1. The lowest BCUT2D eigenvalue weighted by Crippen LogP contribution is -2.47. The molecule has 0 aliphatic carbocycles. The van der Waals surface area contributed by atoms with Crippen molar-refractivity contribution in [2.75, 3.05) is 40.9 Å². The number of nitrogens with zero attached hydrogens (tertiary/aromatic N) is 1. The van der Waals surface area contributed by atoms with Crippen LogP contribution in [0.1, 0.15) is 220 Å². The van der Waals surface area contributed by atoms with Gasteiger partial charge in [0.2, 0.25) is 5.91 Å². The molecule has 0 aromatic heterocycles. The van der Waals surface area contributed by atoms with Gasteiger partial charge in [0.25, 0.3) is 0 Å². The van der Waals surface area contributed by atoms with Gasteiger partial charge in [-0.25, -0.2) is 4.57 Å². The quantitative estimate of drug-likeness (QED) is 0.0206. The Labute approximate surface area is 382 Å². The zero-order valence-corrected chi connectivity index (χ0v) is 42.0. The van der Waals surface area contributed by atoms with Gasteiger partial charge in [-0.2, -0.15) is 0 Å². The summed E-state index contributed by atoms with van der Waals surface area (Å²) in [4.78, 5) is 37.3. The van der Waals surface area contributed by atoms with Gasteiger partial charge in [0.05, 0.1) is 33.8 Å². The molecule has 0 saturated heterocycles. The number of likely N-dealkylation sites (N-methyl/N-ethyl adjacent to an activating group) is 1. The fourth-order valence-electron chi connectivity index (χ4n) is 7.07. The Bertz CT molecular complexity index is 1210. The molecule has 62 heavy (non-hydrogen) atoms. The van der Waals surface area contributed by atoms with Crippen molar-refractivity contribution >= 4 is 19.7 Å². The molecule has 0 fully saturated rings. The first-order valence-electron chi connectivity index (χ1n) is 25.5. The standard InChI is InChI=1S/C52H97N2O7P/c1-7-10-13-16-19-22-25-26-27-30-33-36-39-42-45-52(56)61-50(43-40-37-34-31-28-23-20-17-14-11-8-2)49(48-60-62(57,58)59-47-46-54(4,5)6)53-51(55)44-41-38-35-32-29-24-21-18-15-12-9-3/h10,13,19,22,26-27,40,43,49-50H,7-9,11-12,14-18,20-21,23-25,28-39,41-42,44-48H2,1-6H3,(H-,53,55,57,58)/p+1/b13-10+,22-19+,27-26+,43-40+. The van der Waals surface area contributed by atoms with E-state index in [-0.39, 0.29) is 31.5 Å². The van der Waals surface area contributed by atoms with E-state index in [4.69, 9.17) is 13.8 Å². The summed E-state index contributed by atoms with van der Waals surface area (Å²) in [7, 11) is 1.48. The molecule has 362 valence electrons. The topological polar surface area (TPSA) is 111 Å². The Balaban J connectivity index is 5.46. The zero-order chi connectivity index (χ0) is 45.8. The van der Waals surface area contributed by atoms with E-state index in [1.54, 1.807) is 0 Å². The van der Waals surface area contributed by atoms with Crippen LogP contribution < -0.4 is 5.32 Å². The lowest BCUT2D eigenvalue weighted by Gasteiger charge is -2.27. The maximum atomic E-state index is 13.4. The Morgan fingerprint density at radius 1 is 0.581 bits per heavy atom. The van der Waals surface area contributed by atoms with Crippen LogP contribution in [0.4, 0.5) is 0 Å². The minimum absolute atomic E-state index is 0.0368. The summed E-state index contributed by atoms with van der Waals surface area (Å²) in [5.41, 5.74) is 0. The number of ether oxygens (including phenoxy) is 1. The highest BCUT2D eigenvalue weighted by Crippen LogP contribution is 2.43. The number of rotatable bonds is 45. The SMILES string of the molecule is CC/C=C/C/C=C/C/C=C/CCCCCCC(=O)OC(/C=C/CCCCCCCCCCC)C(COP(=O)(O)OCC[N+](C)(C)C)NC(=O)CCCCCCCCCCCCC. The largest absolute Gasteiger partial charge is 0.472 e. The first-order valence-corrected chi connectivity index (χ1v) is 27.0. The molecule has 0 aliphatic rings. The number of hydrogen-bond acceptors (Lipinski definition) is 6. The van der Waals surface area contributed by atoms with Crippen LogP contribution in [0.2, 0.25) is 0 Å². The molecule has 3 atom stereocenters. The minimum atomic E-state index is -4.44. The number of allylic oxidation sites excluding steroid dienone is 7. The summed E-state index contributed by atoms with van der Waals surface area (Å²) in [5, 5.41) is 3.02. The van der Waals surface area contributed by atoms with Gasteiger partial charge < -0.3 is 19.4 Å². The average molecular weight is 894 g/mol. The minimum Gasteiger partial charge on any atom is -0.456 e. The normalized spacial score (nSPS) is 14.4. The first kappa shape index (κ1) is 60.0. The molecule has 0 aliphatic heterocycles. The number of hydrogen-bond donors (Lipinski definition) is 2. The molecule has 9 nitrogen and oxygen atoms in total. The third-order valence-electron chi connectivity index (χ3n) is 11.0. The smallest absolute Gasteiger partial charge is 0.456 e. The predicted octanol–water partition coefficient (Wildman–Crippen LogP) is 14.6. The maximum Gasteiger partial charge on any atom is 0.472 e. The number of quaternary nitrogens is 1. The fourth-order valence-corrected chi connectivity index (χ4v) is 7.81. The zero-order valence-electron chi connectivity index (χ0n) is 41.1. The second-order valence-electron chi connectivity index (χ2n) is 18.3. The van der Waals surface area contributed by atoms with Crippen molar-refractivity contribution < 1.29 is 37.3 Å². The number of unbranched alkanes of at least 4 members (excludes halogenated alkanes) is 23. The molecule has 0 aromatic carbocycles. The Morgan fingerprint density at radius 3 is 1.55 bits per heavy atom. The van der Waals surface area contributed by atoms with Crippen LogP contribution in [0.15, 0.2) is 48.6 Å². The first-order chi connectivity index (χ1) is 29.9. The van der Waals surface area contributed by atoms with Crippen LogP contribution in [-0.4, -0.2) is 74.3 Å². The van der Waals surface area contributed by atoms with E-state index in [9.17, 15) is 19.0 Å². The number of esters is 1. The molecule has 0 rings (SSSR count). The van der Waals surface area contributed by atoms with Gasteiger partial charge in [-0.05, 0) is 63.9 Å². The predicted molar refractivity (Wildman–Crippen MR) is 263 cm³/mol. The van der Waals surface area contributed by atoms with Crippen molar-refractivity contribution in [1.29, 1.82) is 0 Å². The van der Waals surface area contributed by atoms with Crippen LogP contribution in [0, 0.1) is 0 Å². The van der Waals surface area contributed by atoms with Crippen LogP contribution in [-0.2, 0) is 27.9 Å². The average Bonchev–Trinajstić information content (AvgIpc) is 3.22. The van der Waals surface area contributed by atoms with Crippen LogP contribution in [0.3, 0.4) is 0 Å². The van der Waals surface area contributed by atoms with E-state index in [2.05, 4.69) is 62.5 Å². The van der Waals surface area contributed by atoms with Crippen LogP contribution >= 0.6 is 7.82 Å². The third-order valence-corrected chi connectivity index (χ3v) is 12.0. The molecule has 0 saturated carbocycles. The van der Waals surface area contributed by atoms with Gasteiger partial charge >= 0.3 is 13.8 Å². The van der Waals surface area contributed by atoms with Crippen LogP contribution in [0.5, 0.6) is 0 Å². The summed E-state index contributed by atoms with van der Waals surface area (Å²) in [6.45, 7) is 6.85. The Kier molecular flexibility index (Phi) is 41.5. The fraction of sp³-hybridized carbons (Fsp3) is 0.808. The highest BCUT2D eigenvalue weighted by atomic mass is 31.2. The number of phosphoric ester groups is 1. The van der Waals surface area contributed by atoms with E-state index in [1.165, 1.54) is 96.3 Å². The van der Waals surface area contributed by atoms with Crippen molar-refractivity contribution in [3.63, 3.8) is 0 Å². The van der Waals surface area contributed by atoms with E-state index in [1.807, 2.05) is 33.3 Å². The molecule has 0 spiro atoms. The van der Waals surface area contributed by atoms with E-state index < -0.39 is 20.0 Å². The number of carbonyl (C=O) groups is 2. The highest BCUT2D eigenvalue weighted by Gasteiger charge is 2.30. The summed E-state index contributed by atoms with van der Waals surface area (Å²) in [6, 6.07) is -0.851. The van der Waals surface area contributed by atoms with Crippen molar-refractivity contribution in [2.24, 2.45) is 0 Å². The van der Waals surface area contributed by atoms with E-state index in [0.717, 1.165) is 83.5 Å². The Morgan fingerprint density at radius 2 is 1.03 bits per heavy atom. The number of phosphoric acid groups is 1. The molecule has 0 heterocycles. The molecule has 0 aromatic rings. The van der Waals surface area contributed by atoms with Gasteiger partial charge in [0.15, 0.2) is 0 Å². The number of carbonyl (C=O) groups excluding carboxylic acids is 2. The molecule has 10 heteroatoms. The van der Waals surface area contributed by atoms with Gasteiger partial charge in [-0.15, -0.1) is 0 Å². The Hall–Kier alpha value is -2.03. The molecular weight excluding hydrogens is 796 g/mol. The van der Waals surface area contributed by atoms with Gasteiger partial charge in [-0.1, -0.05) is 192 Å². The third kappa shape index (κ3) is 43.2. The second kappa shape index (κ2) is 42.9. The monoisotopic (exact) mass is 894 g/mol. The summed E-state index contributed by atoms with van der Waals surface area (Å²) < 4.78 is 30.4. The molecule has 0 radical (unpaired) electrons. The highest BCUT2D eigenvalue weighted by molar-refractivity contribution is 7.47. The lowest BCUT2D eigenvalue weighted by molar-refractivity contribution is -0.870. The van der Waals surface area contributed by atoms with Crippen molar-refractivity contribution in [3.05, 3.63) is 48.6 Å². The van der Waals surface area contributed by atoms with E-state index >= 15 is 0 Å². The summed E-state index contributed by atoms with van der Waals surface area (Å²) in [5.74, 6) is -0.532. The van der Waals surface area contributed by atoms with E-state index in [0.29, 0.717) is 23.9 Å².